The highest BCUT2D eigenvalue weighted by Gasteiger charge is 1.84. The molecular formula is C6H21AlO9P3. The van der Waals surface area contributed by atoms with E-state index in [4.69, 9.17) is 0 Å². The fraction of sp³-hybridized carbons (Fsp3) is 1.00. The molecule has 0 amide bonds. The molecule has 0 unspecified atom stereocenters. The highest BCUT2D eigenvalue weighted by atomic mass is 31.1. The summed E-state index contributed by atoms with van der Waals surface area (Å²) in [5, 5.41) is 0. The molecule has 3 radical (unpaired) electrons. The minimum Gasteiger partial charge on any atom is -0.314 e. The zero-order valence-electron chi connectivity index (χ0n) is 11.8. The van der Waals surface area contributed by atoms with E-state index in [2.05, 4.69) is 27.1 Å². The largest absolute Gasteiger partial charge is 0.318 e. The Balaban J connectivity index is -0.0000000865. The third-order valence-electron chi connectivity index (χ3n) is 1.00. The molecule has 0 aromatic carbocycles. The van der Waals surface area contributed by atoms with Crippen molar-refractivity contribution in [1.82, 2.24) is 0 Å². The van der Waals surface area contributed by atoms with E-state index in [0.717, 1.165) is 0 Å². The Hall–Kier alpha value is 0.982. The third kappa shape index (κ3) is 32.5. The Bertz CT molecular complexity index is 184. The van der Waals surface area contributed by atoms with Crippen molar-refractivity contribution in [2.45, 2.75) is 0 Å². The summed E-state index contributed by atoms with van der Waals surface area (Å²) in [6, 6.07) is 0. The average Bonchev–Trinajstić information content (AvgIpc) is 2.45. The molecule has 0 aliphatic rings. The molecule has 0 aliphatic carbocycles. The Morgan fingerprint density at radius 3 is 0.579 bits per heavy atom. The van der Waals surface area contributed by atoms with Crippen molar-refractivity contribution in [3.8, 4) is 0 Å². The topological polar surface area (TPSA) is 107 Å². The molecule has 13 heteroatoms. The van der Waals surface area contributed by atoms with Gasteiger partial charge in [0.1, 0.15) is 0 Å². The van der Waals surface area contributed by atoms with Crippen molar-refractivity contribution < 1.29 is 40.8 Å². The molecule has 0 rings (SSSR count). The summed E-state index contributed by atoms with van der Waals surface area (Å²) >= 11 is 0. The molecular weight excluding hydrogens is 336 g/mol. The standard InChI is InChI=1S/3C2H7O3P.Al/c3*1-4-6(3)5-2;/h3*6H,1-2H3;. The predicted octanol–water partition coefficient (Wildman–Crippen LogP) is 1.63. The first-order chi connectivity index (χ1) is 8.42. The van der Waals surface area contributed by atoms with Gasteiger partial charge in [-0.05, 0) is 0 Å². The molecule has 0 spiro atoms. The van der Waals surface area contributed by atoms with E-state index >= 15 is 0 Å². The van der Waals surface area contributed by atoms with Gasteiger partial charge in [0.25, 0.3) is 0 Å². The van der Waals surface area contributed by atoms with Crippen LogP contribution < -0.4 is 0 Å². The van der Waals surface area contributed by atoms with E-state index in [1.54, 1.807) is 0 Å². The number of rotatable bonds is 6. The summed E-state index contributed by atoms with van der Waals surface area (Å²) in [5.41, 5.74) is 0. The Morgan fingerprint density at radius 2 is 0.579 bits per heavy atom. The van der Waals surface area contributed by atoms with Crippen LogP contribution in [-0.4, -0.2) is 60.0 Å². The van der Waals surface area contributed by atoms with Gasteiger partial charge in [-0.25, -0.2) is 0 Å². The van der Waals surface area contributed by atoms with Crippen LogP contribution in [0.5, 0.6) is 0 Å². The summed E-state index contributed by atoms with van der Waals surface area (Å²) in [6.07, 6.45) is 0. The maximum atomic E-state index is 9.92. The molecule has 117 valence electrons. The highest BCUT2D eigenvalue weighted by molar-refractivity contribution is 7.33. The third-order valence-corrected chi connectivity index (χ3v) is 3.00. The van der Waals surface area contributed by atoms with Gasteiger partial charge in [0.05, 0.1) is 0 Å². The Morgan fingerprint density at radius 1 is 0.474 bits per heavy atom. The highest BCUT2D eigenvalue weighted by Crippen LogP contribution is 2.19. The van der Waals surface area contributed by atoms with Crippen molar-refractivity contribution in [2.75, 3.05) is 42.7 Å². The summed E-state index contributed by atoms with van der Waals surface area (Å²) in [5.74, 6) is 0. The Kier molecular flexibility index (Phi) is 35.7. The van der Waals surface area contributed by atoms with E-state index in [1.807, 2.05) is 0 Å². The van der Waals surface area contributed by atoms with Crippen molar-refractivity contribution >= 4 is 42.1 Å². The zero-order chi connectivity index (χ0) is 15.0. The molecule has 0 N–H and O–H groups in total. The van der Waals surface area contributed by atoms with E-state index in [1.165, 1.54) is 42.7 Å². The number of hydrogen-bond donors (Lipinski definition) is 0. The Labute approximate surface area is 126 Å². The quantitative estimate of drug-likeness (QED) is 0.518. The molecule has 0 aromatic heterocycles. The van der Waals surface area contributed by atoms with Crippen LogP contribution >= 0.6 is 24.8 Å². The molecule has 0 aliphatic heterocycles. The van der Waals surface area contributed by atoms with Crippen LogP contribution in [0, 0.1) is 0 Å². The van der Waals surface area contributed by atoms with Crippen LogP contribution in [0.2, 0.25) is 0 Å². The van der Waals surface area contributed by atoms with Gasteiger partial charge in [-0.1, -0.05) is 0 Å². The second-order valence-electron chi connectivity index (χ2n) is 1.97. The lowest BCUT2D eigenvalue weighted by Gasteiger charge is -1.89. The minimum absolute atomic E-state index is 0. The monoisotopic (exact) mass is 357 g/mol. The molecule has 0 saturated carbocycles. The minimum atomic E-state index is -2.12. The van der Waals surface area contributed by atoms with Gasteiger partial charge in [0.15, 0.2) is 0 Å². The lowest BCUT2D eigenvalue weighted by Crippen LogP contribution is -1.66. The van der Waals surface area contributed by atoms with E-state index < -0.39 is 24.8 Å². The molecule has 0 atom stereocenters. The molecule has 0 aromatic rings. The first kappa shape index (κ1) is 28.2. The summed E-state index contributed by atoms with van der Waals surface area (Å²) in [6.45, 7) is 0. The lowest BCUT2D eigenvalue weighted by atomic mass is 11.8. The smallest absolute Gasteiger partial charge is 0.314 e. The van der Waals surface area contributed by atoms with Gasteiger partial charge in [-0.2, -0.15) is 0 Å². The van der Waals surface area contributed by atoms with Crippen LogP contribution in [0.4, 0.5) is 0 Å². The lowest BCUT2D eigenvalue weighted by molar-refractivity contribution is 0.301. The van der Waals surface area contributed by atoms with Gasteiger partial charge >= 0.3 is 24.8 Å². The first-order valence-corrected chi connectivity index (χ1v) is 7.96. The fourth-order valence-electron chi connectivity index (χ4n) is 0.250. The fourth-order valence-corrected chi connectivity index (χ4v) is 0.750. The molecule has 19 heavy (non-hydrogen) atoms. The molecule has 0 fully saturated rings. The predicted molar refractivity (Wildman–Crippen MR) is 74.8 cm³/mol. The summed E-state index contributed by atoms with van der Waals surface area (Å²) in [4.78, 5) is 0. The van der Waals surface area contributed by atoms with Crippen molar-refractivity contribution in [1.29, 1.82) is 0 Å². The molecule has 0 heterocycles. The van der Waals surface area contributed by atoms with Crippen LogP contribution in [0.15, 0.2) is 0 Å². The van der Waals surface area contributed by atoms with Gasteiger partial charge in [0, 0.05) is 60.0 Å². The normalized spacial score (nSPS) is 9.32. The van der Waals surface area contributed by atoms with Gasteiger partial charge in [-0.15, -0.1) is 0 Å². The van der Waals surface area contributed by atoms with Crippen molar-refractivity contribution in [3.63, 3.8) is 0 Å². The maximum Gasteiger partial charge on any atom is 0.318 e. The second kappa shape index (κ2) is 24.0. The van der Waals surface area contributed by atoms with E-state index in [0.29, 0.717) is 0 Å². The van der Waals surface area contributed by atoms with Gasteiger partial charge in [-0.3, -0.25) is 13.7 Å². The van der Waals surface area contributed by atoms with E-state index in [-0.39, 0.29) is 17.4 Å². The van der Waals surface area contributed by atoms with Gasteiger partial charge in [0.2, 0.25) is 0 Å². The SMILES string of the molecule is CO[PH](=O)OC.CO[PH](=O)OC.CO[PH](=O)OC.[Al]. The van der Waals surface area contributed by atoms with Crippen molar-refractivity contribution in [2.24, 2.45) is 0 Å². The average molecular weight is 357 g/mol. The molecule has 0 bridgehead atoms. The van der Waals surface area contributed by atoms with E-state index in [9.17, 15) is 13.7 Å². The van der Waals surface area contributed by atoms with Crippen molar-refractivity contribution in [3.05, 3.63) is 0 Å². The molecule has 9 nitrogen and oxygen atoms in total. The van der Waals surface area contributed by atoms with Crippen LogP contribution in [0.25, 0.3) is 0 Å². The maximum absolute atomic E-state index is 9.92. The molecule has 0 saturated heterocycles. The summed E-state index contributed by atoms with van der Waals surface area (Å²) in [7, 11) is 1.67. The van der Waals surface area contributed by atoms with Gasteiger partial charge < -0.3 is 27.1 Å². The number of hydrogen-bond acceptors (Lipinski definition) is 9. The van der Waals surface area contributed by atoms with Crippen LogP contribution in [0.1, 0.15) is 0 Å². The zero-order valence-corrected chi connectivity index (χ0v) is 15.9. The van der Waals surface area contributed by atoms with Crippen LogP contribution in [-0.2, 0) is 40.8 Å². The second-order valence-corrected chi connectivity index (χ2v) is 5.92. The van der Waals surface area contributed by atoms with Crippen LogP contribution in [0.3, 0.4) is 0 Å². The first-order valence-electron chi connectivity index (χ1n) is 4.29. The summed E-state index contributed by atoms with van der Waals surface area (Å²) < 4.78 is 55.1.